The molecule has 1 aromatic heterocycles. The van der Waals surface area contributed by atoms with Crippen LogP contribution in [0.4, 0.5) is 18.9 Å². The Kier molecular flexibility index (Phi) is 6.64. The molecule has 2 heterocycles. The number of ether oxygens (including phenoxy) is 1. The zero-order valence-corrected chi connectivity index (χ0v) is 18.6. The van der Waals surface area contributed by atoms with Gasteiger partial charge in [0.25, 0.3) is 0 Å². The highest BCUT2D eigenvalue weighted by molar-refractivity contribution is 14.1. The van der Waals surface area contributed by atoms with Crippen LogP contribution in [0.5, 0.6) is 5.75 Å². The minimum atomic E-state index is -4.56. The summed E-state index contributed by atoms with van der Waals surface area (Å²) in [5, 5.41) is 4.22. The zero-order valence-electron chi connectivity index (χ0n) is 15.7. The third-order valence-corrected chi connectivity index (χ3v) is 6.51. The fraction of sp³-hybridized carbons (Fsp3) is 0.444. The molecular formula is C18H19ClF3IN4O2. The Labute approximate surface area is 184 Å². The maximum Gasteiger partial charge on any atom is 0.436 e. The molecule has 3 rings (SSSR count). The molecule has 0 spiro atoms. The predicted molar refractivity (Wildman–Crippen MR) is 112 cm³/mol. The average Bonchev–Trinajstić information content (AvgIpc) is 2.99. The van der Waals surface area contributed by atoms with Crippen molar-refractivity contribution in [1.29, 1.82) is 0 Å². The minimum absolute atomic E-state index is 0.00819. The van der Waals surface area contributed by atoms with Crippen LogP contribution in [0.3, 0.4) is 0 Å². The first kappa shape index (κ1) is 22.2. The number of piperazine rings is 1. The molecule has 1 saturated heterocycles. The molecule has 0 bridgehead atoms. The number of halogens is 5. The van der Waals surface area contributed by atoms with Gasteiger partial charge in [-0.15, -0.1) is 0 Å². The first-order valence-electron chi connectivity index (χ1n) is 8.77. The van der Waals surface area contributed by atoms with Crippen LogP contribution in [0.25, 0.3) is 0 Å². The summed E-state index contributed by atoms with van der Waals surface area (Å²) >= 11 is 7.69. The molecule has 0 radical (unpaired) electrons. The van der Waals surface area contributed by atoms with Gasteiger partial charge in [0.1, 0.15) is 5.75 Å². The van der Waals surface area contributed by atoms with Crippen LogP contribution in [-0.4, -0.2) is 54.3 Å². The normalized spacial score (nSPS) is 16.7. The summed E-state index contributed by atoms with van der Waals surface area (Å²) < 4.78 is 45.9. The van der Waals surface area contributed by atoms with Crippen LogP contribution in [0.1, 0.15) is 17.6 Å². The summed E-state index contributed by atoms with van der Waals surface area (Å²) in [4.78, 5) is 15.7. The first-order chi connectivity index (χ1) is 13.7. The van der Waals surface area contributed by atoms with Crippen molar-refractivity contribution in [3.8, 4) is 5.75 Å². The number of benzene rings is 1. The largest absolute Gasteiger partial charge is 0.495 e. The van der Waals surface area contributed by atoms with Crippen LogP contribution in [0.2, 0.25) is 5.02 Å². The molecule has 11 heteroatoms. The number of aldehydes is 1. The van der Waals surface area contributed by atoms with E-state index in [1.165, 1.54) is 11.6 Å². The van der Waals surface area contributed by atoms with Crippen molar-refractivity contribution in [3.63, 3.8) is 0 Å². The summed E-state index contributed by atoms with van der Waals surface area (Å²) in [5.74, 6) is 0.568. The number of aromatic nitrogens is 2. The molecule has 1 aliphatic rings. The smallest absolute Gasteiger partial charge is 0.436 e. The van der Waals surface area contributed by atoms with Crippen molar-refractivity contribution in [2.75, 3.05) is 38.2 Å². The molecule has 0 saturated carbocycles. The molecule has 2 aromatic rings. The second-order valence-corrected chi connectivity index (χ2v) is 8.07. The maximum absolute atomic E-state index is 13.2. The van der Waals surface area contributed by atoms with Gasteiger partial charge in [-0.3, -0.25) is 9.69 Å². The lowest BCUT2D eigenvalue weighted by atomic mass is 10.2. The minimum Gasteiger partial charge on any atom is -0.495 e. The molecule has 29 heavy (non-hydrogen) atoms. The van der Waals surface area contributed by atoms with Crippen molar-refractivity contribution < 1.29 is 22.7 Å². The molecule has 0 amide bonds. The van der Waals surface area contributed by atoms with Crippen LogP contribution in [0, 0.1) is 10.5 Å². The van der Waals surface area contributed by atoms with Crippen molar-refractivity contribution >= 4 is 46.2 Å². The molecule has 1 aliphatic heterocycles. The third-order valence-electron chi connectivity index (χ3n) is 4.91. The van der Waals surface area contributed by atoms with Gasteiger partial charge in [-0.25, -0.2) is 4.68 Å². The summed E-state index contributed by atoms with van der Waals surface area (Å²) in [6.07, 6.45) is -4.81. The van der Waals surface area contributed by atoms with E-state index >= 15 is 0 Å². The summed E-state index contributed by atoms with van der Waals surface area (Å²) in [5.41, 5.74) is 0.284. The van der Waals surface area contributed by atoms with E-state index in [4.69, 9.17) is 16.3 Å². The van der Waals surface area contributed by atoms with Crippen LogP contribution in [-0.2, 0) is 11.0 Å². The highest BCUT2D eigenvalue weighted by atomic mass is 127. The van der Waals surface area contributed by atoms with E-state index < -0.39 is 18.0 Å². The van der Waals surface area contributed by atoms with Gasteiger partial charge >= 0.3 is 6.18 Å². The van der Waals surface area contributed by atoms with Gasteiger partial charge in [0, 0.05) is 37.9 Å². The topological polar surface area (TPSA) is 50.6 Å². The molecule has 1 aromatic carbocycles. The molecular weight excluding hydrogens is 524 g/mol. The van der Waals surface area contributed by atoms with Gasteiger partial charge in [0.2, 0.25) is 0 Å². The van der Waals surface area contributed by atoms with E-state index in [0.717, 1.165) is 5.69 Å². The monoisotopic (exact) mass is 542 g/mol. The summed E-state index contributed by atoms with van der Waals surface area (Å²) in [7, 11) is 1.54. The number of hydrogen-bond donors (Lipinski definition) is 0. The maximum atomic E-state index is 13.2. The van der Waals surface area contributed by atoms with Crippen molar-refractivity contribution in [2.24, 2.45) is 0 Å². The highest BCUT2D eigenvalue weighted by Gasteiger charge is 2.39. The Hall–Kier alpha value is -1.53. The Morgan fingerprint density at radius 2 is 1.93 bits per heavy atom. The van der Waals surface area contributed by atoms with E-state index in [1.807, 2.05) is 17.0 Å². The molecule has 6 nitrogen and oxygen atoms in total. The van der Waals surface area contributed by atoms with Gasteiger partial charge < -0.3 is 9.64 Å². The third kappa shape index (κ3) is 4.48. The lowest BCUT2D eigenvalue weighted by Crippen LogP contribution is -2.49. The molecule has 158 valence electrons. The Bertz CT molecular complexity index is 898. The highest BCUT2D eigenvalue weighted by Crippen LogP contribution is 2.35. The number of hydrogen-bond acceptors (Lipinski definition) is 5. The van der Waals surface area contributed by atoms with Gasteiger partial charge in [-0.2, -0.15) is 18.3 Å². The number of alkyl halides is 3. The van der Waals surface area contributed by atoms with E-state index in [0.29, 0.717) is 48.9 Å². The molecule has 0 aliphatic carbocycles. The number of anilines is 1. The van der Waals surface area contributed by atoms with Crippen LogP contribution < -0.4 is 9.64 Å². The van der Waals surface area contributed by atoms with E-state index in [9.17, 15) is 18.0 Å². The lowest BCUT2D eigenvalue weighted by Gasteiger charge is -2.38. The number of carbonyl (C=O) groups is 1. The Morgan fingerprint density at radius 1 is 1.28 bits per heavy atom. The Morgan fingerprint density at radius 3 is 2.45 bits per heavy atom. The fourth-order valence-corrected chi connectivity index (χ4v) is 4.18. The second kappa shape index (κ2) is 8.68. The van der Waals surface area contributed by atoms with Crippen LogP contribution in [0.15, 0.2) is 18.2 Å². The summed E-state index contributed by atoms with van der Waals surface area (Å²) in [6, 6.07) is 5.47. The van der Waals surface area contributed by atoms with Crippen LogP contribution >= 0.6 is 34.2 Å². The second-order valence-electron chi connectivity index (χ2n) is 6.58. The number of nitrogens with zero attached hydrogens (tertiary/aromatic N) is 4. The Balaban J connectivity index is 1.77. The molecule has 1 fully saturated rings. The number of carbonyl (C=O) groups excluding carboxylic acids is 1. The fourth-order valence-electron chi connectivity index (χ4n) is 3.33. The predicted octanol–water partition coefficient (Wildman–Crippen LogP) is 4.00. The van der Waals surface area contributed by atoms with Gasteiger partial charge in [0.15, 0.2) is 18.1 Å². The van der Waals surface area contributed by atoms with Gasteiger partial charge in [0.05, 0.1) is 21.4 Å². The first-order valence-corrected chi connectivity index (χ1v) is 10.2. The number of methoxy groups -OCH3 is 1. The number of rotatable bonds is 5. The molecule has 0 N–H and O–H groups in total. The van der Waals surface area contributed by atoms with Gasteiger partial charge in [-0.1, -0.05) is 11.6 Å². The SMILES string of the molecule is COc1cc(N2CCN(C(C=O)n3nc(C(F)(F)F)c(I)c3C)CC2)ccc1Cl. The van der Waals surface area contributed by atoms with Crippen molar-refractivity contribution in [2.45, 2.75) is 19.3 Å². The van der Waals surface area contributed by atoms with Gasteiger partial charge in [-0.05, 0) is 41.6 Å². The lowest BCUT2D eigenvalue weighted by molar-refractivity contribution is -0.142. The van der Waals surface area contributed by atoms with E-state index in [1.54, 1.807) is 35.8 Å². The zero-order chi connectivity index (χ0) is 21.3. The van der Waals surface area contributed by atoms with Crippen molar-refractivity contribution in [1.82, 2.24) is 14.7 Å². The average molecular weight is 543 g/mol. The molecule has 1 atom stereocenters. The molecule has 1 unspecified atom stereocenters. The quantitative estimate of drug-likeness (QED) is 0.423. The van der Waals surface area contributed by atoms with E-state index in [2.05, 4.69) is 10.00 Å². The van der Waals surface area contributed by atoms with Crippen molar-refractivity contribution in [3.05, 3.63) is 38.2 Å². The standard InChI is InChI=1S/C18H19ClF3IN4O2/c1-11-16(23)17(18(20,21)22)24-27(11)15(10-28)26-7-5-25(6-8-26)12-3-4-13(19)14(9-12)29-2/h3-4,9-10,15H,5-8H2,1-2H3. The van der Waals surface area contributed by atoms with E-state index in [-0.39, 0.29) is 3.57 Å². The summed E-state index contributed by atoms with van der Waals surface area (Å²) in [6.45, 7) is 3.71.